The Bertz CT molecular complexity index is 1380. The number of thiocarbonyl (C=S) groups is 1. The zero-order valence-electron chi connectivity index (χ0n) is 21.0. The largest absolute Gasteiger partial charge is 0.361 e. The lowest BCUT2D eigenvalue weighted by atomic mass is 9.79. The van der Waals surface area contributed by atoms with Gasteiger partial charge in [0.2, 0.25) is 5.95 Å². The summed E-state index contributed by atoms with van der Waals surface area (Å²) in [5.74, 6) is 1.31. The first-order valence-electron chi connectivity index (χ1n) is 12.9. The van der Waals surface area contributed by atoms with Gasteiger partial charge in [-0.3, -0.25) is 0 Å². The van der Waals surface area contributed by atoms with Crippen LogP contribution in [-0.2, 0) is 18.5 Å². The Hall–Kier alpha value is -3.56. The third-order valence-corrected chi connectivity index (χ3v) is 8.41. The summed E-state index contributed by atoms with van der Waals surface area (Å²) in [6.07, 6.45) is 8.26. The smallest absolute Gasteiger partial charge is 0.232 e. The lowest BCUT2D eigenvalue weighted by Gasteiger charge is -2.30. The first-order chi connectivity index (χ1) is 18.7. The van der Waals surface area contributed by atoms with Gasteiger partial charge in [0.25, 0.3) is 0 Å². The zero-order valence-corrected chi connectivity index (χ0v) is 22.6. The van der Waals surface area contributed by atoms with Gasteiger partial charge in [0.1, 0.15) is 10.8 Å². The van der Waals surface area contributed by atoms with Crippen molar-refractivity contribution in [2.75, 3.05) is 16.8 Å². The van der Waals surface area contributed by atoms with Crippen molar-refractivity contribution in [2.45, 2.75) is 54.4 Å². The number of hydrogen-bond acceptors (Lipinski definition) is 7. The Balaban J connectivity index is 1.21. The van der Waals surface area contributed by atoms with E-state index in [1.54, 1.807) is 18.5 Å². The van der Waals surface area contributed by atoms with Crippen LogP contribution in [-0.4, -0.2) is 31.6 Å². The minimum absolute atomic E-state index is 0.0999. The third kappa shape index (κ3) is 5.49. The molecule has 2 aromatic carbocycles. The average Bonchev–Trinajstić information content (AvgIpc) is 3.61. The number of benzene rings is 2. The highest BCUT2D eigenvalue weighted by Gasteiger charge is 2.35. The molecule has 1 saturated carbocycles. The minimum atomic E-state index is 0.0999. The molecule has 2 aliphatic rings. The Morgan fingerprint density at radius 3 is 2.29 bits per heavy atom. The van der Waals surface area contributed by atoms with Crippen molar-refractivity contribution in [2.24, 2.45) is 0 Å². The molecule has 2 N–H and O–H groups in total. The maximum Gasteiger partial charge on any atom is 0.232 e. The molecular weight excluding hydrogens is 511 g/mol. The third-order valence-electron chi connectivity index (χ3n) is 7.35. The molecule has 0 bridgehead atoms. The van der Waals surface area contributed by atoms with E-state index in [4.69, 9.17) is 22.2 Å². The van der Waals surface area contributed by atoms with E-state index in [1.165, 1.54) is 41.3 Å². The van der Waals surface area contributed by atoms with Crippen molar-refractivity contribution in [3.8, 4) is 0 Å². The van der Waals surface area contributed by atoms with Gasteiger partial charge in [0.05, 0.1) is 0 Å². The maximum absolute atomic E-state index is 5.73. The Labute approximate surface area is 232 Å². The topological polar surface area (TPSA) is 78.9 Å². The summed E-state index contributed by atoms with van der Waals surface area (Å²) in [6, 6.07) is 23.1. The van der Waals surface area contributed by atoms with Gasteiger partial charge in [-0.2, -0.15) is 4.98 Å². The summed E-state index contributed by atoms with van der Waals surface area (Å²) in [7, 11) is 0. The van der Waals surface area contributed by atoms with Crippen molar-refractivity contribution >= 4 is 40.9 Å². The molecule has 1 aliphatic carbocycles. The molecule has 0 spiro atoms. The minimum Gasteiger partial charge on any atom is -0.361 e. The van der Waals surface area contributed by atoms with Gasteiger partial charge in [-0.15, -0.1) is 0 Å². The second-order valence-corrected chi connectivity index (χ2v) is 11.2. The van der Waals surface area contributed by atoms with Crippen LogP contribution in [0.15, 0.2) is 89.3 Å². The molecular formula is C29H29N7S2. The van der Waals surface area contributed by atoms with Crippen molar-refractivity contribution in [3.63, 3.8) is 0 Å². The average molecular weight is 540 g/mol. The fraction of sp³-hybridized carbons (Fsp3) is 0.276. The number of rotatable bonds is 7. The second kappa shape index (κ2) is 11.0. The lowest BCUT2D eigenvalue weighted by molar-refractivity contribution is 0.435. The number of hydrogen-bond donors (Lipinski definition) is 2. The highest BCUT2D eigenvalue weighted by Crippen LogP contribution is 2.40. The van der Waals surface area contributed by atoms with Gasteiger partial charge in [0, 0.05) is 43.5 Å². The Kier molecular flexibility index (Phi) is 7.20. The molecule has 0 atom stereocenters. The highest BCUT2D eigenvalue weighted by molar-refractivity contribution is 7.99. The van der Waals surface area contributed by atoms with Gasteiger partial charge in [0.15, 0.2) is 10.3 Å². The standard InChI is InChI=1S/C29H29N7S2/c37-27(32-20-29(13-6-7-14-29)23-11-2-1-3-12-23)35-26-33-24(36-18-21-9-4-5-10-22(21)19-36)17-25(34-26)38-28-30-15-8-16-31-28/h1-5,8-12,15-17H,6-7,13-14,18-20H2,(H2,32,33,34,35,37). The summed E-state index contributed by atoms with van der Waals surface area (Å²) in [5, 5.41) is 8.67. The van der Waals surface area contributed by atoms with E-state index in [0.717, 1.165) is 43.3 Å². The van der Waals surface area contributed by atoms with Crippen molar-refractivity contribution in [1.82, 2.24) is 25.3 Å². The molecule has 192 valence electrons. The maximum atomic E-state index is 5.73. The van der Waals surface area contributed by atoms with Crippen LogP contribution in [0.3, 0.4) is 0 Å². The zero-order chi connectivity index (χ0) is 25.8. The predicted molar refractivity (Wildman–Crippen MR) is 155 cm³/mol. The second-order valence-electron chi connectivity index (χ2n) is 9.81. The van der Waals surface area contributed by atoms with E-state index >= 15 is 0 Å². The molecule has 0 saturated heterocycles. The molecule has 4 aromatic rings. The quantitative estimate of drug-likeness (QED) is 0.174. The first kappa shape index (κ1) is 24.8. The fourth-order valence-electron chi connectivity index (χ4n) is 5.42. The first-order valence-corrected chi connectivity index (χ1v) is 14.2. The number of nitrogens with one attached hydrogen (secondary N) is 2. The number of nitrogens with zero attached hydrogens (tertiary/aromatic N) is 5. The van der Waals surface area contributed by atoms with Gasteiger partial charge < -0.3 is 15.5 Å². The molecule has 9 heteroatoms. The molecule has 7 nitrogen and oxygen atoms in total. The number of fused-ring (bicyclic) bond motifs is 1. The van der Waals surface area contributed by atoms with Crippen LogP contribution in [0.2, 0.25) is 0 Å². The SMILES string of the molecule is S=C(NCC1(c2ccccc2)CCCC1)Nc1nc(Sc2ncccn2)cc(N2Cc3ccccc3C2)n1. The van der Waals surface area contributed by atoms with E-state index in [9.17, 15) is 0 Å². The Morgan fingerprint density at radius 1 is 0.895 bits per heavy atom. The van der Waals surface area contributed by atoms with Crippen molar-refractivity contribution in [1.29, 1.82) is 0 Å². The summed E-state index contributed by atoms with van der Waals surface area (Å²) < 4.78 is 0. The van der Waals surface area contributed by atoms with E-state index in [1.807, 2.05) is 6.07 Å². The summed E-state index contributed by atoms with van der Waals surface area (Å²) in [4.78, 5) is 20.6. The molecule has 1 aliphatic heterocycles. The van der Waals surface area contributed by atoms with E-state index in [0.29, 0.717) is 16.2 Å². The monoisotopic (exact) mass is 539 g/mol. The highest BCUT2D eigenvalue weighted by atomic mass is 32.2. The van der Waals surface area contributed by atoms with Crippen LogP contribution in [0.1, 0.15) is 42.4 Å². The van der Waals surface area contributed by atoms with Gasteiger partial charge in [-0.25, -0.2) is 15.0 Å². The molecule has 3 heterocycles. The normalized spacial score (nSPS) is 15.7. The number of aromatic nitrogens is 4. The van der Waals surface area contributed by atoms with Crippen LogP contribution >= 0.6 is 24.0 Å². The van der Waals surface area contributed by atoms with Crippen LogP contribution in [0, 0.1) is 0 Å². The summed E-state index contributed by atoms with van der Waals surface area (Å²) in [6.45, 7) is 2.39. The van der Waals surface area contributed by atoms with Gasteiger partial charge in [-0.05, 0) is 59.6 Å². The van der Waals surface area contributed by atoms with E-state index in [-0.39, 0.29) is 5.41 Å². The van der Waals surface area contributed by atoms with Crippen molar-refractivity contribution < 1.29 is 0 Å². The molecule has 0 unspecified atom stereocenters. The molecule has 38 heavy (non-hydrogen) atoms. The van der Waals surface area contributed by atoms with E-state index in [2.05, 4.69) is 80.1 Å². The van der Waals surface area contributed by atoms with Gasteiger partial charge >= 0.3 is 0 Å². The van der Waals surface area contributed by atoms with Crippen LogP contribution in [0.5, 0.6) is 0 Å². The fourth-order valence-corrected chi connectivity index (χ4v) is 6.29. The Morgan fingerprint density at radius 2 is 1.58 bits per heavy atom. The van der Waals surface area contributed by atoms with Crippen LogP contribution < -0.4 is 15.5 Å². The molecule has 2 aromatic heterocycles. The molecule has 6 rings (SSSR count). The molecule has 0 amide bonds. The van der Waals surface area contributed by atoms with E-state index < -0.39 is 0 Å². The van der Waals surface area contributed by atoms with Gasteiger partial charge in [-0.1, -0.05) is 67.4 Å². The number of anilines is 2. The summed E-state index contributed by atoms with van der Waals surface area (Å²) >= 11 is 7.14. The van der Waals surface area contributed by atoms with Crippen molar-refractivity contribution in [3.05, 3.63) is 95.8 Å². The lowest BCUT2D eigenvalue weighted by Crippen LogP contribution is -2.41. The summed E-state index contributed by atoms with van der Waals surface area (Å²) in [5.41, 5.74) is 4.12. The van der Waals surface area contributed by atoms with Crippen LogP contribution in [0.25, 0.3) is 0 Å². The predicted octanol–water partition coefficient (Wildman–Crippen LogP) is 5.74. The van der Waals surface area contributed by atoms with Crippen LogP contribution in [0.4, 0.5) is 11.8 Å². The molecule has 1 fully saturated rings. The molecule has 0 radical (unpaired) electrons.